The van der Waals surface area contributed by atoms with Crippen LogP contribution in [0.4, 0.5) is 0 Å². The fourth-order valence-corrected chi connectivity index (χ4v) is 2.49. The van der Waals surface area contributed by atoms with E-state index in [1.807, 2.05) is 0 Å². The predicted octanol–water partition coefficient (Wildman–Crippen LogP) is 4.51. The van der Waals surface area contributed by atoms with Crippen LogP contribution >= 0.6 is 0 Å². The first-order chi connectivity index (χ1) is 7.61. The first-order valence-electron chi connectivity index (χ1n) is 7.19. The molecule has 1 saturated carbocycles. The van der Waals surface area contributed by atoms with Gasteiger partial charge >= 0.3 is 0 Å². The van der Waals surface area contributed by atoms with E-state index >= 15 is 0 Å². The maximum atomic E-state index is 5.25. The van der Waals surface area contributed by atoms with E-state index < -0.39 is 0 Å². The predicted molar refractivity (Wildman–Crippen MR) is 70.6 cm³/mol. The molecule has 2 fully saturated rings. The molecule has 0 aromatic carbocycles. The van der Waals surface area contributed by atoms with Crippen LogP contribution in [0.2, 0.25) is 0 Å². The van der Waals surface area contributed by atoms with Gasteiger partial charge in [-0.2, -0.15) is 0 Å². The van der Waals surface area contributed by atoms with Crippen LogP contribution < -0.4 is 0 Å². The van der Waals surface area contributed by atoms with Gasteiger partial charge in [-0.05, 0) is 30.1 Å². The molecule has 0 unspecified atom stereocenters. The number of ether oxygens (including phenoxy) is 1. The Balaban J connectivity index is 0.000000160. The molecule has 0 amide bonds. The summed E-state index contributed by atoms with van der Waals surface area (Å²) in [6.07, 6.45) is 7.15. The molecule has 1 aliphatic heterocycles. The molecule has 1 heterocycles. The van der Waals surface area contributed by atoms with E-state index in [4.69, 9.17) is 4.74 Å². The van der Waals surface area contributed by atoms with Crippen LogP contribution in [0.1, 0.15) is 59.8 Å². The van der Waals surface area contributed by atoms with Gasteiger partial charge in [0, 0.05) is 13.2 Å². The van der Waals surface area contributed by atoms with Gasteiger partial charge in [-0.1, -0.05) is 53.4 Å². The minimum atomic E-state index is 0.781. The van der Waals surface area contributed by atoms with Gasteiger partial charge in [0.25, 0.3) is 0 Å². The average Bonchev–Trinajstić information content (AvgIpc) is 2.28. The van der Waals surface area contributed by atoms with Crippen LogP contribution in [0.5, 0.6) is 0 Å². The van der Waals surface area contributed by atoms with Gasteiger partial charge < -0.3 is 4.74 Å². The molecule has 1 nitrogen and oxygen atoms in total. The average molecular weight is 226 g/mol. The largest absolute Gasteiger partial charge is 0.381 e. The van der Waals surface area contributed by atoms with Crippen LogP contribution in [0, 0.1) is 23.7 Å². The zero-order valence-corrected chi connectivity index (χ0v) is 11.7. The Morgan fingerprint density at radius 2 is 1.19 bits per heavy atom. The van der Waals surface area contributed by atoms with Crippen molar-refractivity contribution in [2.24, 2.45) is 23.7 Å². The standard InChI is InChI=1S/C8H16.C7H14O/c1-7-5-3-4-6-8(7)2;1-6-3-4-8-5-7(6)2/h7-8H,3-6H2,1-2H3;6-7H,3-5H2,1-2H3/t7-,8-;6-,7+/m11/s1. The molecule has 1 saturated heterocycles. The SMILES string of the molecule is C[C@@H]1CCCC[C@H]1C.C[C@@H]1CCOC[C@@H]1C. The van der Waals surface area contributed by atoms with E-state index in [9.17, 15) is 0 Å². The van der Waals surface area contributed by atoms with Gasteiger partial charge in [0.05, 0.1) is 0 Å². The molecule has 0 radical (unpaired) electrons. The van der Waals surface area contributed by atoms with Crippen LogP contribution in [-0.2, 0) is 4.74 Å². The maximum absolute atomic E-state index is 5.25. The lowest BCUT2D eigenvalue weighted by Gasteiger charge is -2.24. The van der Waals surface area contributed by atoms with Crippen molar-refractivity contribution in [2.45, 2.75) is 59.8 Å². The second-order valence-corrected chi connectivity index (χ2v) is 6.06. The molecule has 1 aliphatic carbocycles. The number of hydrogen-bond acceptors (Lipinski definition) is 1. The Bertz CT molecular complexity index is 138. The molecular weight excluding hydrogens is 196 g/mol. The molecule has 0 N–H and O–H groups in total. The number of hydrogen-bond donors (Lipinski definition) is 0. The summed E-state index contributed by atoms with van der Waals surface area (Å²) in [5, 5.41) is 0. The molecule has 2 rings (SSSR count). The summed E-state index contributed by atoms with van der Waals surface area (Å²) in [5.41, 5.74) is 0. The summed E-state index contributed by atoms with van der Waals surface area (Å²) in [4.78, 5) is 0. The lowest BCUT2D eigenvalue weighted by Crippen LogP contribution is -2.22. The third-order valence-electron chi connectivity index (χ3n) is 4.61. The van der Waals surface area contributed by atoms with Crippen LogP contribution in [-0.4, -0.2) is 13.2 Å². The van der Waals surface area contributed by atoms with E-state index in [0.717, 1.165) is 36.9 Å². The Kier molecular flexibility index (Phi) is 6.41. The highest BCUT2D eigenvalue weighted by Crippen LogP contribution is 2.28. The molecule has 0 aromatic rings. The van der Waals surface area contributed by atoms with Crippen molar-refractivity contribution in [3.63, 3.8) is 0 Å². The molecule has 0 aromatic heterocycles. The lowest BCUT2D eigenvalue weighted by atomic mass is 9.82. The van der Waals surface area contributed by atoms with Crippen molar-refractivity contribution in [1.29, 1.82) is 0 Å². The number of rotatable bonds is 0. The van der Waals surface area contributed by atoms with E-state index in [0.29, 0.717) is 0 Å². The van der Waals surface area contributed by atoms with Crippen molar-refractivity contribution >= 4 is 0 Å². The zero-order chi connectivity index (χ0) is 12.0. The van der Waals surface area contributed by atoms with Crippen LogP contribution in [0.25, 0.3) is 0 Å². The highest BCUT2D eigenvalue weighted by molar-refractivity contribution is 4.67. The van der Waals surface area contributed by atoms with E-state index in [1.54, 1.807) is 0 Å². The Hall–Kier alpha value is -0.0400. The molecule has 1 heteroatoms. The Morgan fingerprint density at radius 3 is 1.50 bits per heavy atom. The molecular formula is C15H30O. The summed E-state index contributed by atoms with van der Waals surface area (Å²) in [6, 6.07) is 0. The topological polar surface area (TPSA) is 9.23 Å². The van der Waals surface area contributed by atoms with Gasteiger partial charge in [-0.15, -0.1) is 0 Å². The van der Waals surface area contributed by atoms with Gasteiger partial charge in [0.2, 0.25) is 0 Å². The highest BCUT2D eigenvalue weighted by atomic mass is 16.5. The first kappa shape index (κ1) is 14.0. The van der Waals surface area contributed by atoms with Crippen molar-refractivity contribution < 1.29 is 4.74 Å². The summed E-state index contributed by atoms with van der Waals surface area (Å²) in [7, 11) is 0. The summed E-state index contributed by atoms with van der Waals surface area (Å²) in [5.74, 6) is 3.67. The Labute approximate surface area is 102 Å². The molecule has 4 atom stereocenters. The van der Waals surface area contributed by atoms with Gasteiger partial charge in [-0.3, -0.25) is 0 Å². The molecule has 2 aliphatic rings. The first-order valence-corrected chi connectivity index (χ1v) is 7.19. The van der Waals surface area contributed by atoms with Gasteiger partial charge in [-0.25, -0.2) is 0 Å². The molecule has 16 heavy (non-hydrogen) atoms. The summed E-state index contributed by atoms with van der Waals surface area (Å²) in [6.45, 7) is 11.3. The van der Waals surface area contributed by atoms with E-state index in [-0.39, 0.29) is 0 Å². The fourth-order valence-electron chi connectivity index (χ4n) is 2.49. The van der Waals surface area contributed by atoms with Crippen molar-refractivity contribution in [3.8, 4) is 0 Å². The van der Waals surface area contributed by atoms with Gasteiger partial charge in [0.15, 0.2) is 0 Å². The van der Waals surface area contributed by atoms with Crippen molar-refractivity contribution in [3.05, 3.63) is 0 Å². The van der Waals surface area contributed by atoms with Crippen LogP contribution in [0.15, 0.2) is 0 Å². The lowest BCUT2D eigenvalue weighted by molar-refractivity contribution is 0.0303. The van der Waals surface area contributed by atoms with Crippen molar-refractivity contribution in [2.75, 3.05) is 13.2 Å². The second kappa shape index (κ2) is 7.32. The third kappa shape index (κ3) is 4.86. The summed E-state index contributed by atoms with van der Waals surface area (Å²) < 4.78 is 5.25. The molecule has 0 spiro atoms. The molecule has 0 bridgehead atoms. The normalized spacial score (nSPS) is 39.8. The third-order valence-corrected chi connectivity index (χ3v) is 4.61. The fraction of sp³-hybridized carbons (Fsp3) is 1.00. The van der Waals surface area contributed by atoms with Crippen LogP contribution in [0.3, 0.4) is 0 Å². The van der Waals surface area contributed by atoms with Crippen molar-refractivity contribution in [1.82, 2.24) is 0 Å². The summed E-state index contributed by atoms with van der Waals surface area (Å²) >= 11 is 0. The van der Waals surface area contributed by atoms with Gasteiger partial charge in [0.1, 0.15) is 0 Å². The monoisotopic (exact) mass is 226 g/mol. The highest BCUT2D eigenvalue weighted by Gasteiger charge is 2.16. The Morgan fingerprint density at radius 1 is 0.688 bits per heavy atom. The zero-order valence-electron chi connectivity index (χ0n) is 11.7. The second-order valence-electron chi connectivity index (χ2n) is 6.06. The van der Waals surface area contributed by atoms with E-state index in [2.05, 4.69) is 27.7 Å². The molecule has 96 valence electrons. The quantitative estimate of drug-likeness (QED) is 0.590. The maximum Gasteiger partial charge on any atom is 0.0494 e. The minimum absolute atomic E-state index is 0.781. The minimum Gasteiger partial charge on any atom is -0.381 e. The van der Waals surface area contributed by atoms with E-state index in [1.165, 1.54) is 32.1 Å². The smallest absolute Gasteiger partial charge is 0.0494 e.